The maximum atomic E-state index is 6.19. The van der Waals surface area contributed by atoms with Crippen molar-refractivity contribution in [1.82, 2.24) is 0 Å². The monoisotopic (exact) mass is 258 g/mol. The van der Waals surface area contributed by atoms with Crippen molar-refractivity contribution in [2.24, 2.45) is 5.41 Å². The zero-order valence-corrected chi connectivity index (χ0v) is 11.5. The van der Waals surface area contributed by atoms with E-state index in [9.17, 15) is 0 Å². The summed E-state index contributed by atoms with van der Waals surface area (Å²) in [5.74, 6) is 0. The van der Waals surface area contributed by atoms with Crippen molar-refractivity contribution in [3.8, 4) is 0 Å². The summed E-state index contributed by atoms with van der Waals surface area (Å²) in [6.07, 6.45) is 7.81. The van der Waals surface area contributed by atoms with Gasteiger partial charge in [0.05, 0.1) is 12.2 Å². The molecule has 0 N–H and O–H groups in total. The summed E-state index contributed by atoms with van der Waals surface area (Å²) in [6, 6.07) is 10.9. The third-order valence-electron chi connectivity index (χ3n) is 5.19. The lowest BCUT2D eigenvalue weighted by Crippen LogP contribution is -2.39. The third kappa shape index (κ3) is 1.85. The minimum absolute atomic E-state index is 0.333. The number of rotatable bonds is 5. The number of ether oxygens (including phenoxy) is 2. The van der Waals surface area contributed by atoms with E-state index < -0.39 is 0 Å². The number of hydrogen-bond donors (Lipinski definition) is 0. The number of fused-ring (bicyclic) bond motifs is 5. The molecule has 0 aliphatic carbocycles. The summed E-state index contributed by atoms with van der Waals surface area (Å²) in [4.78, 5) is 0. The molecule has 3 saturated heterocycles. The van der Waals surface area contributed by atoms with Crippen LogP contribution in [0.1, 0.15) is 38.2 Å². The van der Waals surface area contributed by atoms with E-state index in [0.29, 0.717) is 29.8 Å². The molecule has 5 atom stereocenters. The first-order chi connectivity index (χ1) is 9.32. The van der Waals surface area contributed by atoms with Gasteiger partial charge in [-0.3, -0.25) is 0 Å². The fraction of sp³-hybridized carbons (Fsp3) is 0.647. The first kappa shape index (κ1) is 11.9. The van der Waals surface area contributed by atoms with Crippen molar-refractivity contribution in [2.75, 3.05) is 0 Å². The maximum absolute atomic E-state index is 6.19. The third-order valence-corrected chi connectivity index (χ3v) is 5.19. The molecule has 2 bridgehead atoms. The Labute approximate surface area is 115 Å². The second-order valence-electron chi connectivity index (χ2n) is 6.49. The van der Waals surface area contributed by atoms with Gasteiger partial charge in [-0.15, -0.1) is 0 Å². The summed E-state index contributed by atoms with van der Waals surface area (Å²) >= 11 is 0. The molecule has 0 saturated carbocycles. The largest absolute Gasteiger partial charge is 0.369 e. The van der Waals surface area contributed by atoms with Crippen LogP contribution >= 0.6 is 0 Å². The molecular weight excluding hydrogens is 236 g/mol. The number of unbranched alkanes of at least 4 members (excludes halogenated alkanes) is 1. The molecule has 0 radical (unpaired) electrons. The molecule has 0 aromatic heterocycles. The molecule has 4 rings (SSSR count). The van der Waals surface area contributed by atoms with Crippen molar-refractivity contribution >= 4 is 0 Å². The lowest BCUT2D eigenvalue weighted by molar-refractivity contribution is -0.0106. The summed E-state index contributed by atoms with van der Waals surface area (Å²) in [5, 5.41) is 0. The van der Waals surface area contributed by atoms with Gasteiger partial charge >= 0.3 is 0 Å². The van der Waals surface area contributed by atoms with Crippen molar-refractivity contribution in [1.29, 1.82) is 0 Å². The van der Waals surface area contributed by atoms with Gasteiger partial charge in [-0.1, -0.05) is 50.1 Å². The van der Waals surface area contributed by atoms with Crippen LogP contribution < -0.4 is 0 Å². The topological polar surface area (TPSA) is 21.8 Å². The molecule has 5 unspecified atom stereocenters. The average molecular weight is 258 g/mol. The lowest BCUT2D eigenvalue weighted by atomic mass is 9.67. The molecule has 102 valence electrons. The maximum Gasteiger partial charge on any atom is 0.113 e. The summed E-state index contributed by atoms with van der Waals surface area (Å²) in [6.45, 7) is 2.28. The predicted molar refractivity (Wildman–Crippen MR) is 74.0 cm³/mol. The molecule has 3 aliphatic heterocycles. The number of benzene rings is 1. The molecule has 19 heavy (non-hydrogen) atoms. The Morgan fingerprint density at radius 2 is 2.00 bits per heavy atom. The van der Waals surface area contributed by atoms with Crippen LogP contribution in [0.4, 0.5) is 0 Å². The molecule has 1 aromatic carbocycles. The van der Waals surface area contributed by atoms with Crippen LogP contribution in [-0.4, -0.2) is 24.4 Å². The Morgan fingerprint density at radius 1 is 1.16 bits per heavy atom. The fourth-order valence-electron chi connectivity index (χ4n) is 4.23. The fourth-order valence-corrected chi connectivity index (χ4v) is 4.23. The Kier molecular flexibility index (Phi) is 2.71. The molecular formula is C17H22O2. The van der Waals surface area contributed by atoms with Gasteiger partial charge in [0.15, 0.2) is 0 Å². The smallest absolute Gasteiger partial charge is 0.113 e. The van der Waals surface area contributed by atoms with Gasteiger partial charge in [0.1, 0.15) is 12.2 Å². The Bertz CT molecular complexity index is 458. The van der Waals surface area contributed by atoms with Crippen LogP contribution in [0.25, 0.3) is 0 Å². The van der Waals surface area contributed by atoms with E-state index >= 15 is 0 Å². The van der Waals surface area contributed by atoms with Crippen LogP contribution in [0.2, 0.25) is 0 Å². The minimum atomic E-state index is 0.333. The van der Waals surface area contributed by atoms with Gasteiger partial charge in [0, 0.05) is 5.41 Å². The van der Waals surface area contributed by atoms with Crippen LogP contribution in [0.5, 0.6) is 0 Å². The molecule has 2 nitrogen and oxygen atoms in total. The van der Waals surface area contributed by atoms with Crippen LogP contribution in [0.3, 0.4) is 0 Å². The summed E-state index contributed by atoms with van der Waals surface area (Å²) in [7, 11) is 0. The number of hydrogen-bond acceptors (Lipinski definition) is 2. The summed E-state index contributed by atoms with van der Waals surface area (Å²) in [5.41, 5.74) is 1.78. The van der Waals surface area contributed by atoms with Gasteiger partial charge in [-0.25, -0.2) is 0 Å². The quantitative estimate of drug-likeness (QED) is 0.756. The second kappa shape index (κ2) is 4.32. The summed E-state index contributed by atoms with van der Waals surface area (Å²) < 4.78 is 12.0. The highest BCUT2D eigenvalue weighted by molar-refractivity contribution is 5.23. The van der Waals surface area contributed by atoms with Crippen LogP contribution in [0.15, 0.2) is 30.3 Å². The van der Waals surface area contributed by atoms with Crippen molar-refractivity contribution in [2.45, 2.75) is 63.4 Å². The highest BCUT2D eigenvalue weighted by atomic mass is 16.7. The van der Waals surface area contributed by atoms with Crippen molar-refractivity contribution in [3.05, 3.63) is 35.9 Å². The van der Waals surface area contributed by atoms with Gasteiger partial charge in [0.25, 0.3) is 0 Å². The zero-order valence-electron chi connectivity index (χ0n) is 11.5. The lowest BCUT2D eigenvalue weighted by Gasteiger charge is -2.34. The van der Waals surface area contributed by atoms with E-state index in [1.54, 1.807) is 0 Å². The van der Waals surface area contributed by atoms with Crippen molar-refractivity contribution in [3.63, 3.8) is 0 Å². The Hall–Kier alpha value is -0.860. The first-order valence-electron chi connectivity index (χ1n) is 7.67. The van der Waals surface area contributed by atoms with E-state index in [2.05, 4.69) is 37.3 Å². The van der Waals surface area contributed by atoms with Gasteiger partial charge < -0.3 is 9.47 Å². The minimum Gasteiger partial charge on any atom is -0.369 e. The highest BCUT2D eigenvalue weighted by Gasteiger charge is 2.69. The van der Waals surface area contributed by atoms with Crippen LogP contribution in [0, 0.1) is 5.41 Å². The normalized spacial score (nSPS) is 42.4. The van der Waals surface area contributed by atoms with E-state index in [1.807, 2.05) is 0 Å². The van der Waals surface area contributed by atoms with Crippen LogP contribution in [-0.2, 0) is 15.9 Å². The van der Waals surface area contributed by atoms with E-state index in [4.69, 9.17) is 9.47 Å². The van der Waals surface area contributed by atoms with E-state index in [0.717, 1.165) is 6.42 Å². The van der Waals surface area contributed by atoms with Gasteiger partial charge in [-0.2, -0.15) is 0 Å². The predicted octanol–water partition coefficient (Wildman–Crippen LogP) is 3.34. The Morgan fingerprint density at radius 3 is 2.68 bits per heavy atom. The molecule has 1 aromatic rings. The van der Waals surface area contributed by atoms with Gasteiger partial charge in [-0.05, 0) is 24.8 Å². The van der Waals surface area contributed by atoms with E-state index in [-0.39, 0.29) is 0 Å². The SMILES string of the molecule is CCCCC1(Cc2ccccc2)CC2OC1C1OC21. The molecule has 0 amide bonds. The first-order valence-corrected chi connectivity index (χ1v) is 7.67. The molecule has 3 heterocycles. The molecule has 0 spiro atoms. The average Bonchev–Trinajstić information content (AvgIpc) is 3.07. The van der Waals surface area contributed by atoms with E-state index in [1.165, 1.54) is 31.2 Å². The molecule has 3 aliphatic rings. The molecule has 2 heteroatoms. The molecule has 3 fully saturated rings. The zero-order chi connectivity index (χ0) is 12.9. The number of epoxide rings is 1. The second-order valence-corrected chi connectivity index (χ2v) is 6.49. The Balaban J connectivity index is 1.59. The van der Waals surface area contributed by atoms with Gasteiger partial charge in [0.2, 0.25) is 0 Å². The standard InChI is InChI=1S/C17H22O2/c1-2-3-9-17(10-12-7-5-4-6-8-12)11-13-14-15(19-14)16(17)18-13/h4-8,13-16H,2-3,9-11H2,1H3. The highest BCUT2D eigenvalue weighted by Crippen LogP contribution is 2.59. The van der Waals surface area contributed by atoms with Crippen molar-refractivity contribution < 1.29 is 9.47 Å².